The minimum absolute atomic E-state index is 0.0655. The molecule has 7 heteroatoms. The van der Waals surface area contributed by atoms with Crippen LogP contribution in [0.4, 0.5) is 5.82 Å². The molecule has 0 bridgehead atoms. The third-order valence-corrected chi connectivity index (χ3v) is 4.94. The Labute approximate surface area is 152 Å². The van der Waals surface area contributed by atoms with E-state index < -0.39 is 0 Å². The molecule has 0 aliphatic carbocycles. The first-order chi connectivity index (χ1) is 12.6. The highest BCUT2D eigenvalue weighted by Crippen LogP contribution is 2.24. The van der Waals surface area contributed by atoms with Gasteiger partial charge in [-0.1, -0.05) is 0 Å². The molecule has 1 aliphatic heterocycles. The van der Waals surface area contributed by atoms with Crippen molar-refractivity contribution >= 4 is 17.2 Å². The van der Waals surface area contributed by atoms with Gasteiger partial charge >= 0.3 is 0 Å². The molecule has 1 amide bonds. The maximum Gasteiger partial charge on any atom is 0.228 e. The number of aryl methyl sites for hydroxylation is 1. The zero-order valence-corrected chi connectivity index (χ0v) is 15.0. The molecule has 4 rings (SSSR count). The minimum Gasteiger partial charge on any atom is -0.310 e. The first kappa shape index (κ1) is 16.7. The number of aromatic nitrogens is 4. The van der Waals surface area contributed by atoms with E-state index in [1.54, 1.807) is 12.5 Å². The van der Waals surface area contributed by atoms with Crippen molar-refractivity contribution in [3.63, 3.8) is 0 Å². The predicted octanol–water partition coefficient (Wildman–Crippen LogP) is 2.38. The Morgan fingerprint density at radius 2 is 2.00 bits per heavy atom. The van der Waals surface area contributed by atoms with E-state index in [-0.39, 0.29) is 11.8 Å². The first-order valence-corrected chi connectivity index (χ1v) is 8.85. The topological polar surface area (TPSA) is 75.4 Å². The normalized spacial score (nSPS) is 16.1. The predicted molar refractivity (Wildman–Crippen MR) is 99.8 cm³/mol. The zero-order valence-electron chi connectivity index (χ0n) is 15.0. The fourth-order valence-electron chi connectivity index (χ4n) is 3.37. The summed E-state index contributed by atoms with van der Waals surface area (Å²) in [5.74, 6) is 0.725. The van der Waals surface area contributed by atoms with Crippen LogP contribution in [0.2, 0.25) is 0 Å². The monoisotopic (exact) mass is 350 g/mol. The van der Waals surface area contributed by atoms with Gasteiger partial charge < -0.3 is 14.6 Å². The summed E-state index contributed by atoms with van der Waals surface area (Å²) in [7, 11) is 2.09. The highest BCUT2D eigenvalue weighted by atomic mass is 16.1. The summed E-state index contributed by atoms with van der Waals surface area (Å²) in [6.07, 6.45) is 7.27. The Morgan fingerprint density at radius 1 is 1.19 bits per heavy atom. The summed E-state index contributed by atoms with van der Waals surface area (Å²) in [6, 6.07) is 5.96. The van der Waals surface area contributed by atoms with Gasteiger partial charge in [-0.05, 0) is 52.0 Å². The third-order valence-electron chi connectivity index (χ3n) is 4.94. The van der Waals surface area contributed by atoms with Gasteiger partial charge in [-0.3, -0.25) is 4.79 Å². The van der Waals surface area contributed by atoms with Crippen molar-refractivity contribution in [2.45, 2.75) is 19.8 Å². The van der Waals surface area contributed by atoms with Crippen LogP contribution in [-0.2, 0) is 4.79 Å². The summed E-state index contributed by atoms with van der Waals surface area (Å²) in [4.78, 5) is 19.1. The van der Waals surface area contributed by atoms with Gasteiger partial charge in [-0.15, -0.1) is 0 Å². The highest BCUT2D eigenvalue weighted by molar-refractivity contribution is 5.92. The molecule has 1 saturated heterocycles. The van der Waals surface area contributed by atoms with Gasteiger partial charge in [0, 0.05) is 29.3 Å². The van der Waals surface area contributed by atoms with Crippen LogP contribution in [0.1, 0.15) is 18.5 Å². The van der Waals surface area contributed by atoms with E-state index in [2.05, 4.69) is 38.5 Å². The van der Waals surface area contributed by atoms with E-state index in [0.717, 1.165) is 48.3 Å². The van der Waals surface area contributed by atoms with Crippen LogP contribution in [0, 0.1) is 12.8 Å². The number of rotatable bonds is 3. The molecule has 1 N–H and O–H groups in total. The van der Waals surface area contributed by atoms with Crippen molar-refractivity contribution in [3.8, 4) is 11.1 Å². The number of hydrogen-bond donors (Lipinski definition) is 1. The maximum atomic E-state index is 12.5. The fourth-order valence-corrected chi connectivity index (χ4v) is 3.37. The maximum absolute atomic E-state index is 12.5. The molecule has 7 nitrogen and oxygen atoms in total. The third kappa shape index (κ3) is 3.43. The first-order valence-electron chi connectivity index (χ1n) is 8.85. The molecule has 1 aliphatic rings. The second-order valence-electron chi connectivity index (χ2n) is 6.99. The number of hydrogen-bond acceptors (Lipinski definition) is 5. The lowest BCUT2D eigenvalue weighted by atomic mass is 9.96. The zero-order chi connectivity index (χ0) is 18.1. The smallest absolute Gasteiger partial charge is 0.228 e. The number of amides is 1. The Hall–Kier alpha value is -2.80. The molecule has 3 aromatic heterocycles. The van der Waals surface area contributed by atoms with Crippen LogP contribution in [0.25, 0.3) is 16.6 Å². The SMILES string of the molecule is Cc1cc(-c2cc3cc(NC(=O)C4CCN(C)CC4)ncn3c2)cnn1. The number of piperidine rings is 1. The van der Waals surface area contributed by atoms with Gasteiger partial charge in [0.1, 0.15) is 12.1 Å². The average Bonchev–Trinajstić information content (AvgIpc) is 3.05. The van der Waals surface area contributed by atoms with Crippen molar-refractivity contribution in [2.75, 3.05) is 25.5 Å². The van der Waals surface area contributed by atoms with E-state index in [0.29, 0.717) is 5.82 Å². The Balaban J connectivity index is 1.53. The number of likely N-dealkylation sites (tertiary alicyclic amines) is 1. The van der Waals surface area contributed by atoms with Crippen molar-refractivity contribution in [3.05, 3.63) is 42.6 Å². The quantitative estimate of drug-likeness (QED) is 0.785. The standard InChI is InChI=1S/C19H22N6O/c1-13-7-15(10-21-23-13)16-8-17-9-18(20-12-25(17)11-16)22-19(26)14-3-5-24(2)6-4-14/h7-12,14H,3-6H2,1-2H3,(H,22,26). The summed E-state index contributed by atoms with van der Waals surface area (Å²) < 4.78 is 1.94. The molecule has 134 valence electrons. The number of fused-ring (bicyclic) bond motifs is 1. The summed E-state index contributed by atoms with van der Waals surface area (Å²) in [6.45, 7) is 3.85. The highest BCUT2D eigenvalue weighted by Gasteiger charge is 2.23. The summed E-state index contributed by atoms with van der Waals surface area (Å²) in [5, 5.41) is 11.0. The lowest BCUT2D eigenvalue weighted by molar-refractivity contribution is -0.121. The molecule has 0 aromatic carbocycles. The Morgan fingerprint density at radius 3 is 2.77 bits per heavy atom. The molecule has 0 unspecified atom stereocenters. The molecular weight excluding hydrogens is 328 g/mol. The molecule has 0 saturated carbocycles. The lowest BCUT2D eigenvalue weighted by Gasteiger charge is -2.27. The van der Waals surface area contributed by atoms with Crippen molar-refractivity contribution in [1.29, 1.82) is 0 Å². The fraction of sp³-hybridized carbons (Fsp3) is 0.368. The van der Waals surface area contributed by atoms with Gasteiger partial charge in [0.25, 0.3) is 0 Å². The molecular formula is C19H22N6O. The molecule has 0 radical (unpaired) electrons. The molecule has 1 fully saturated rings. The van der Waals surface area contributed by atoms with Gasteiger partial charge in [-0.25, -0.2) is 4.98 Å². The van der Waals surface area contributed by atoms with E-state index in [1.165, 1.54) is 0 Å². The summed E-state index contributed by atoms with van der Waals surface area (Å²) >= 11 is 0. The van der Waals surface area contributed by atoms with Gasteiger partial charge in [0.2, 0.25) is 5.91 Å². The van der Waals surface area contributed by atoms with E-state index >= 15 is 0 Å². The van der Waals surface area contributed by atoms with Crippen LogP contribution in [0.15, 0.2) is 36.9 Å². The van der Waals surface area contributed by atoms with Gasteiger partial charge in [-0.2, -0.15) is 10.2 Å². The van der Waals surface area contributed by atoms with Crippen LogP contribution < -0.4 is 5.32 Å². The lowest BCUT2D eigenvalue weighted by Crippen LogP contribution is -2.36. The number of anilines is 1. The van der Waals surface area contributed by atoms with Crippen LogP contribution in [-0.4, -0.2) is 50.5 Å². The van der Waals surface area contributed by atoms with Crippen molar-refractivity contribution in [2.24, 2.45) is 5.92 Å². The molecule has 0 spiro atoms. The van der Waals surface area contributed by atoms with Crippen LogP contribution in [0.3, 0.4) is 0 Å². The van der Waals surface area contributed by atoms with Gasteiger partial charge in [0.15, 0.2) is 0 Å². The number of carbonyl (C=O) groups is 1. The molecule has 3 aromatic rings. The van der Waals surface area contributed by atoms with Gasteiger partial charge in [0.05, 0.1) is 17.4 Å². The summed E-state index contributed by atoms with van der Waals surface area (Å²) in [5.41, 5.74) is 3.91. The Bertz CT molecular complexity index is 942. The minimum atomic E-state index is 0.0655. The van der Waals surface area contributed by atoms with Crippen LogP contribution >= 0.6 is 0 Å². The van der Waals surface area contributed by atoms with E-state index in [4.69, 9.17) is 0 Å². The largest absolute Gasteiger partial charge is 0.310 e. The van der Waals surface area contributed by atoms with Crippen molar-refractivity contribution in [1.82, 2.24) is 24.5 Å². The van der Waals surface area contributed by atoms with E-state index in [9.17, 15) is 4.79 Å². The average molecular weight is 350 g/mol. The molecule has 4 heterocycles. The van der Waals surface area contributed by atoms with E-state index in [1.807, 2.05) is 29.7 Å². The van der Waals surface area contributed by atoms with Crippen molar-refractivity contribution < 1.29 is 4.79 Å². The number of nitrogens with zero attached hydrogens (tertiary/aromatic N) is 5. The molecule has 26 heavy (non-hydrogen) atoms. The molecule has 0 atom stereocenters. The second-order valence-corrected chi connectivity index (χ2v) is 6.99. The number of nitrogens with one attached hydrogen (secondary N) is 1. The Kier molecular flexibility index (Phi) is 4.38. The second kappa shape index (κ2) is 6.84. The van der Waals surface area contributed by atoms with Crippen LogP contribution in [0.5, 0.6) is 0 Å². The number of carbonyl (C=O) groups excluding carboxylic acids is 1.